The molecule has 0 radical (unpaired) electrons. The summed E-state index contributed by atoms with van der Waals surface area (Å²) in [7, 11) is 3.22. The first kappa shape index (κ1) is 18.0. The average molecular weight is 358 g/mol. The molecule has 2 amide bonds. The van der Waals surface area contributed by atoms with Gasteiger partial charge >= 0.3 is 6.03 Å². The number of carbonyl (C=O) groups is 1. The number of hydrogen-bond donors (Lipinski definition) is 2. The molecule has 1 aliphatic rings. The second-order valence-corrected chi connectivity index (χ2v) is 5.99. The zero-order valence-corrected chi connectivity index (χ0v) is 14.7. The monoisotopic (exact) mass is 358 g/mol. The molecule has 1 saturated heterocycles. The van der Waals surface area contributed by atoms with Crippen molar-refractivity contribution < 1.29 is 24.1 Å². The number of benzene rings is 2. The van der Waals surface area contributed by atoms with E-state index in [1.54, 1.807) is 38.4 Å². The number of aliphatic hydroxyl groups is 1. The Morgan fingerprint density at radius 3 is 2.46 bits per heavy atom. The molecule has 1 heterocycles. The lowest BCUT2D eigenvalue weighted by Gasteiger charge is -2.25. The molecule has 0 spiro atoms. The van der Waals surface area contributed by atoms with Crippen LogP contribution >= 0.6 is 0 Å². The van der Waals surface area contributed by atoms with Gasteiger partial charge in [-0.1, -0.05) is 12.1 Å². The van der Waals surface area contributed by atoms with Crippen LogP contribution in [-0.4, -0.2) is 55.6 Å². The summed E-state index contributed by atoms with van der Waals surface area (Å²) in [4.78, 5) is 13.8. The first-order chi connectivity index (χ1) is 12.6. The summed E-state index contributed by atoms with van der Waals surface area (Å²) in [6.07, 6.45) is -0.664. The third-order valence-electron chi connectivity index (χ3n) is 4.24. The predicted octanol–water partition coefficient (Wildman–Crippen LogP) is 2.71. The molecule has 1 aliphatic heterocycles. The Morgan fingerprint density at radius 1 is 1.15 bits per heavy atom. The number of ether oxygens (including phenoxy) is 3. The molecule has 2 atom stereocenters. The van der Waals surface area contributed by atoms with Gasteiger partial charge in [-0.05, 0) is 36.4 Å². The van der Waals surface area contributed by atoms with Crippen molar-refractivity contribution in [2.45, 2.75) is 12.1 Å². The van der Waals surface area contributed by atoms with Gasteiger partial charge in [0.05, 0.1) is 32.5 Å². The van der Waals surface area contributed by atoms with Crippen LogP contribution in [-0.2, 0) is 4.74 Å². The second-order valence-electron chi connectivity index (χ2n) is 5.99. The highest BCUT2D eigenvalue weighted by Crippen LogP contribution is 2.31. The minimum absolute atomic E-state index is 0.247. The van der Waals surface area contributed by atoms with Gasteiger partial charge in [-0.15, -0.1) is 0 Å². The molecule has 2 N–H and O–H groups in total. The molecule has 7 nitrogen and oxygen atoms in total. The first-order valence-corrected chi connectivity index (χ1v) is 8.29. The van der Waals surface area contributed by atoms with E-state index < -0.39 is 6.10 Å². The van der Waals surface area contributed by atoms with E-state index in [0.717, 1.165) is 0 Å². The van der Waals surface area contributed by atoms with E-state index in [1.165, 1.54) is 4.90 Å². The van der Waals surface area contributed by atoms with Crippen molar-refractivity contribution in [3.05, 3.63) is 48.5 Å². The highest BCUT2D eigenvalue weighted by Gasteiger charge is 2.32. The molecule has 0 unspecified atom stereocenters. The van der Waals surface area contributed by atoms with Crippen LogP contribution in [0.25, 0.3) is 0 Å². The van der Waals surface area contributed by atoms with Crippen molar-refractivity contribution in [2.75, 3.05) is 32.7 Å². The van der Waals surface area contributed by atoms with Crippen LogP contribution in [0.15, 0.2) is 48.5 Å². The summed E-state index contributed by atoms with van der Waals surface area (Å²) in [5.74, 6) is 1.88. The van der Waals surface area contributed by atoms with Crippen LogP contribution in [0.1, 0.15) is 0 Å². The number of methoxy groups -OCH3 is 1. The molecule has 0 saturated carbocycles. The second kappa shape index (κ2) is 8.07. The molecule has 7 heteroatoms. The first-order valence-electron chi connectivity index (χ1n) is 8.29. The molecule has 26 heavy (non-hydrogen) atoms. The van der Waals surface area contributed by atoms with Gasteiger partial charge in [0.25, 0.3) is 0 Å². The van der Waals surface area contributed by atoms with Crippen LogP contribution < -0.4 is 14.8 Å². The molecule has 0 aromatic heterocycles. The number of urea groups is 1. The van der Waals surface area contributed by atoms with Gasteiger partial charge in [-0.25, -0.2) is 4.79 Å². The van der Waals surface area contributed by atoms with Gasteiger partial charge in [0, 0.05) is 12.7 Å². The molecule has 0 bridgehead atoms. The smallest absolute Gasteiger partial charge is 0.322 e. The zero-order valence-electron chi connectivity index (χ0n) is 14.7. The summed E-state index contributed by atoms with van der Waals surface area (Å²) in [5.41, 5.74) is 0.627. The lowest BCUT2D eigenvalue weighted by molar-refractivity contribution is 0.106. The largest absolute Gasteiger partial charge is 0.493 e. The number of likely N-dealkylation sites (N-methyl/N-ethyl adjacent to an activating group) is 1. The Labute approximate surface area is 152 Å². The highest BCUT2D eigenvalue weighted by molar-refractivity contribution is 5.89. The summed E-state index contributed by atoms with van der Waals surface area (Å²) < 4.78 is 16.2. The summed E-state index contributed by atoms with van der Waals surface area (Å²) in [5, 5.41) is 12.6. The van der Waals surface area contributed by atoms with Gasteiger partial charge in [0.15, 0.2) is 11.5 Å². The number of carbonyl (C=O) groups excluding carboxylic acids is 1. The lowest BCUT2D eigenvalue weighted by Crippen LogP contribution is -2.45. The van der Waals surface area contributed by atoms with Crippen LogP contribution in [0.4, 0.5) is 10.5 Å². The molecule has 2 aromatic rings. The maximum absolute atomic E-state index is 12.3. The van der Waals surface area contributed by atoms with Crippen molar-refractivity contribution >= 4 is 11.7 Å². The predicted molar refractivity (Wildman–Crippen MR) is 96.9 cm³/mol. The van der Waals surface area contributed by atoms with Crippen molar-refractivity contribution in [2.24, 2.45) is 0 Å². The topological polar surface area (TPSA) is 80.3 Å². The SMILES string of the molecule is COc1ccccc1Oc1ccc(NC(=O)N(C)[C@H]2COC[C@@H]2O)cc1. The van der Waals surface area contributed by atoms with Gasteiger partial charge in [-0.2, -0.15) is 0 Å². The van der Waals surface area contributed by atoms with E-state index in [0.29, 0.717) is 29.5 Å². The molecule has 2 aromatic carbocycles. The number of para-hydroxylation sites is 2. The van der Waals surface area contributed by atoms with Crippen LogP contribution in [0.3, 0.4) is 0 Å². The molecule has 0 aliphatic carbocycles. The number of rotatable bonds is 5. The van der Waals surface area contributed by atoms with Gasteiger partial charge in [0.2, 0.25) is 0 Å². The van der Waals surface area contributed by atoms with Gasteiger partial charge < -0.3 is 29.5 Å². The standard InChI is InChI=1S/C19H22N2O5/c1-21(15-11-25-12-16(15)22)19(23)20-13-7-9-14(10-8-13)26-18-6-4-3-5-17(18)24-2/h3-10,15-16,22H,11-12H2,1-2H3,(H,20,23)/t15-,16-/m0/s1. The van der Waals surface area contributed by atoms with Crippen molar-refractivity contribution in [3.8, 4) is 17.2 Å². The van der Waals surface area contributed by atoms with E-state index in [9.17, 15) is 9.90 Å². The van der Waals surface area contributed by atoms with Gasteiger partial charge in [0.1, 0.15) is 5.75 Å². The van der Waals surface area contributed by atoms with Crippen LogP contribution in [0.2, 0.25) is 0 Å². The van der Waals surface area contributed by atoms with Crippen LogP contribution in [0, 0.1) is 0 Å². The number of hydrogen-bond acceptors (Lipinski definition) is 5. The highest BCUT2D eigenvalue weighted by atomic mass is 16.5. The summed E-state index contributed by atoms with van der Waals surface area (Å²) >= 11 is 0. The summed E-state index contributed by atoms with van der Waals surface area (Å²) in [6, 6.07) is 13.7. The molecule has 3 rings (SSSR count). The Hall–Kier alpha value is -2.77. The maximum atomic E-state index is 12.3. The quantitative estimate of drug-likeness (QED) is 0.859. The number of amides is 2. The van der Waals surface area contributed by atoms with E-state index in [1.807, 2.05) is 24.3 Å². The van der Waals surface area contributed by atoms with Gasteiger partial charge in [-0.3, -0.25) is 0 Å². The summed E-state index contributed by atoms with van der Waals surface area (Å²) in [6.45, 7) is 0.577. The number of anilines is 1. The minimum Gasteiger partial charge on any atom is -0.493 e. The third-order valence-corrected chi connectivity index (χ3v) is 4.24. The molecule has 1 fully saturated rings. The average Bonchev–Trinajstić information content (AvgIpc) is 3.09. The van der Waals surface area contributed by atoms with Crippen LogP contribution in [0.5, 0.6) is 17.2 Å². The fourth-order valence-electron chi connectivity index (χ4n) is 2.70. The lowest BCUT2D eigenvalue weighted by atomic mass is 10.2. The van der Waals surface area contributed by atoms with Crippen molar-refractivity contribution in [3.63, 3.8) is 0 Å². The molecule has 138 valence electrons. The van der Waals surface area contributed by atoms with E-state index in [4.69, 9.17) is 14.2 Å². The Bertz CT molecular complexity index is 750. The van der Waals surface area contributed by atoms with Crippen molar-refractivity contribution in [1.29, 1.82) is 0 Å². The molecular formula is C19H22N2O5. The third kappa shape index (κ3) is 4.07. The fraction of sp³-hybridized carbons (Fsp3) is 0.316. The maximum Gasteiger partial charge on any atom is 0.322 e. The number of nitrogens with zero attached hydrogens (tertiary/aromatic N) is 1. The Kier molecular flexibility index (Phi) is 5.60. The van der Waals surface area contributed by atoms with Crippen molar-refractivity contribution in [1.82, 2.24) is 4.90 Å². The number of aliphatic hydroxyl groups excluding tert-OH is 1. The Balaban J connectivity index is 1.61. The van der Waals surface area contributed by atoms with E-state index in [-0.39, 0.29) is 18.7 Å². The Morgan fingerprint density at radius 2 is 1.85 bits per heavy atom. The molecular weight excluding hydrogens is 336 g/mol. The normalized spacial score (nSPS) is 19.0. The van der Waals surface area contributed by atoms with E-state index >= 15 is 0 Å². The van der Waals surface area contributed by atoms with E-state index in [2.05, 4.69) is 5.32 Å². The zero-order chi connectivity index (χ0) is 18.5. The minimum atomic E-state index is -0.664. The fourth-order valence-corrected chi connectivity index (χ4v) is 2.70. The number of nitrogens with one attached hydrogen (secondary N) is 1.